The largest absolute Gasteiger partial charge is 0.481 e. The first-order chi connectivity index (χ1) is 13.2. The molecule has 3 rings (SSSR count). The van der Waals surface area contributed by atoms with E-state index in [4.69, 9.17) is 27.9 Å². The Balaban J connectivity index is 1.87. The molecule has 9 nitrogen and oxygen atoms in total. The molecule has 1 aromatic carbocycles. The van der Waals surface area contributed by atoms with Gasteiger partial charge in [-0.1, -0.05) is 17.7 Å². The molecule has 2 aromatic rings. The summed E-state index contributed by atoms with van der Waals surface area (Å²) in [6, 6.07) is 4.12. The third-order valence-electron chi connectivity index (χ3n) is 4.77. The van der Waals surface area contributed by atoms with Crippen molar-refractivity contribution in [1.82, 2.24) is 9.71 Å². The van der Waals surface area contributed by atoms with E-state index in [1.165, 1.54) is 18.3 Å². The highest BCUT2D eigenvalue weighted by Gasteiger charge is 2.29. The van der Waals surface area contributed by atoms with Crippen LogP contribution < -0.4 is 15.8 Å². The standard InChI is InChI=1S/C17H20ClN5O4S/c18-14-8-21-15(22-17(19)20)13-7-11(5-6-12(13)14)28(26,27)23-10-3-1-9(2-4-10)16(24)25/h5-10,23H,1-4H2,(H,24,25)(H4,19,20,21,22). The zero-order valence-corrected chi connectivity index (χ0v) is 16.3. The Labute approximate surface area is 166 Å². The summed E-state index contributed by atoms with van der Waals surface area (Å²) in [5.41, 5.74) is 5.36. The van der Waals surface area contributed by atoms with E-state index in [1.54, 1.807) is 6.07 Å². The Kier molecular flexibility index (Phi) is 5.73. The predicted octanol–water partition coefficient (Wildman–Crippen LogP) is 2.12. The first kappa shape index (κ1) is 20.3. The molecule has 6 N–H and O–H groups in total. The molecule has 28 heavy (non-hydrogen) atoms. The Bertz CT molecular complexity index is 1040. The molecular formula is C17H20ClN5O4S. The van der Waals surface area contributed by atoms with Crippen molar-refractivity contribution >= 4 is 50.1 Å². The van der Waals surface area contributed by atoms with Crippen molar-refractivity contribution in [2.45, 2.75) is 36.6 Å². The summed E-state index contributed by atoms with van der Waals surface area (Å²) < 4.78 is 28.3. The molecule has 0 atom stereocenters. The van der Waals surface area contributed by atoms with Crippen LogP contribution in [0.1, 0.15) is 25.7 Å². The molecule has 0 amide bonds. The minimum absolute atomic E-state index is 0.0241. The van der Waals surface area contributed by atoms with Crippen LogP contribution in [-0.4, -0.2) is 36.5 Å². The van der Waals surface area contributed by atoms with Crippen LogP contribution in [0, 0.1) is 11.3 Å². The summed E-state index contributed by atoms with van der Waals surface area (Å²) in [6.45, 7) is 0. The van der Waals surface area contributed by atoms with E-state index in [0.29, 0.717) is 41.5 Å². The lowest BCUT2D eigenvalue weighted by Crippen LogP contribution is -2.38. The van der Waals surface area contributed by atoms with Gasteiger partial charge in [0, 0.05) is 23.0 Å². The number of benzene rings is 1. The van der Waals surface area contributed by atoms with Crippen LogP contribution in [0.25, 0.3) is 10.8 Å². The van der Waals surface area contributed by atoms with Crippen LogP contribution in [-0.2, 0) is 14.8 Å². The normalized spacial score (nSPS) is 20.0. The maximum absolute atomic E-state index is 12.8. The van der Waals surface area contributed by atoms with Crippen molar-refractivity contribution in [3.63, 3.8) is 0 Å². The number of nitrogens with one attached hydrogen (secondary N) is 3. The summed E-state index contributed by atoms with van der Waals surface area (Å²) >= 11 is 6.14. The number of fused-ring (bicyclic) bond motifs is 1. The van der Waals surface area contributed by atoms with E-state index >= 15 is 0 Å². The maximum atomic E-state index is 12.8. The Morgan fingerprint density at radius 2 is 1.93 bits per heavy atom. The van der Waals surface area contributed by atoms with Crippen molar-refractivity contribution in [3.8, 4) is 0 Å². The summed E-state index contributed by atoms with van der Waals surface area (Å²) in [4.78, 5) is 15.1. The topological polar surface area (TPSA) is 158 Å². The number of sulfonamides is 1. The number of aliphatic carboxylic acids is 1. The molecule has 150 valence electrons. The molecule has 0 spiro atoms. The summed E-state index contributed by atoms with van der Waals surface area (Å²) in [6.07, 6.45) is 3.20. The van der Waals surface area contributed by atoms with Gasteiger partial charge in [0.25, 0.3) is 0 Å². The molecule has 1 saturated carbocycles. The van der Waals surface area contributed by atoms with Gasteiger partial charge in [-0.05, 0) is 37.8 Å². The van der Waals surface area contributed by atoms with Gasteiger partial charge in [0.15, 0.2) is 5.96 Å². The lowest BCUT2D eigenvalue weighted by atomic mass is 9.87. The number of hydrogen-bond donors (Lipinski definition) is 5. The highest BCUT2D eigenvalue weighted by atomic mass is 35.5. The number of pyridine rings is 1. The number of nitrogens with two attached hydrogens (primary N) is 1. The second-order valence-corrected chi connectivity index (χ2v) is 8.83. The monoisotopic (exact) mass is 425 g/mol. The SMILES string of the molecule is N=C(N)Nc1ncc(Cl)c2ccc(S(=O)(=O)NC3CCC(C(=O)O)CC3)cc12. The number of rotatable bonds is 5. The molecule has 0 radical (unpaired) electrons. The fraction of sp³-hybridized carbons (Fsp3) is 0.353. The molecule has 1 aromatic heterocycles. The molecule has 0 saturated heterocycles. The van der Waals surface area contributed by atoms with Crippen molar-refractivity contribution in [1.29, 1.82) is 5.41 Å². The molecule has 1 fully saturated rings. The minimum atomic E-state index is -3.83. The van der Waals surface area contributed by atoms with E-state index in [-0.39, 0.29) is 22.7 Å². The number of anilines is 1. The summed E-state index contributed by atoms with van der Waals surface area (Å²) in [5.74, 6) is -1.37. The Hall–Kier alpha value is -2.43. The lowest BCUT2D eigenvalue weighted by Gasteiger charge is -2.26. The average molecular weight is 426 g/mol. The van der Waals surface area contributed by atoms with Crippen molar-refractivity contribution in [2.75, 3.05) is 5.32 Å². The zero-order valence-electron chi connectivity index (χ0n) is 14.8. The van der Waals surface area contributed by atoms with Crippen LogP contribution in [0.3, 0.4) is 0 Å². The second-order valence-electron chi connectivity index (χ2n) is 6.71. The quantitative estimate of drug-likeness (QED) is 0.362. The average Bonchev–Trinajstić information content (AvgIpc) is 2.63. The minimum Gasteiger partial charge on any atom is -0.481 e. The number of guanidine groups is 1. The van der Waals surface area contributed by atoms with Crippen LogP contribution in [0.2, 0.25) is 5.02 Å². The number of hydrogen-bond acceptors (Lipinski definition) is 5. The van der Waals surface area contributed by atoms with Gasteiger partial charge in [0.05, 0.1) is 15.8 Å². The number of nitrogens with zero attached hydrogens (tertiary/aromatic N) is 1. The molecule has 1 heterocycles. The van der Waals surface area contributed by atoms with Crippen LogP contribution in [0.15, 0.2) is 29.3 Å². The molecule has 1 aliphatic carbocycles. The van der Waals surface area contributed by atoms with Gasteiger partial charge in [0.1, 0.15) is 5.82 Å². The van der Waals surface area contributed by atoms with E-state index in [0.717, 1.165) is 0 Å². The summed E-state index contributed by atoms with van der Waals surface area (Å²) in [7, 11) is -3.83. The molecular weight excluding hydrogens is 406 g/mol. The maximum Gasteiger partial charge on any atom is 0.306 e. The highest BCUT2D eigenvalue weighted by Crippen LogP contribution is 2.31. The van der Waals surface area contributed by atoms with E-state index in [9.17, 15) is 13.2 Å². The van der Waals surface area contributed by atoms with Crippen molar-refractivity contribution in [2.24, 2.45) is 11.7 Å². The molecule has 0 aliphatic heterocycles. The smallest absolute Gasteiger partial charge is 0.306 e. The summed E-state index contributed by atoms with van der Waals surface area (Å²) in [5, 5.41) is 20.3. The molecule has 1 aliphatic rings. The van der Waals surface area contributed by atoms with Gasteiger partial charge in [-0.3, -0.25) is 10.2 Å². The van der Waals surface area contributed by atoms with Crippen LogP contribution in [0.4, 0.5) is 5.82 Å². The number of halogens is 1. The van der Waals surface area contributed by atoms with Gasteiger partial charge < -0.3 is 16.2 Å². The number of carboxylic acids is 1. The lowest BCUT2D eigenvalue weighted by molar-refractivity contribution is -0.142. The molecule has 0 bridgehead atoms. The number of carboxylic acid groups (broad SMARTS) is 1. The van der Waals surface area contributed by atoms with Gasteiger partial charge in [0.2, 0.25) is 10.0 Å². The Morgan fingerprint density at radius 1 is 1.25 bits per heavy atom. The van der Waals surface area contributed by atoms with Gasteiger partial charge in [-0.25, -0.2) is 18.1 Å². The van der Waals surface area contributed by atoms with Gasteiger partial charge in [-0.15, -0.1) is 0 Å². The van der Waals surface area contributed by atoms with Gasteiger partial charge in [-0.2, -0.15) is 0 Å². The van der Waals surface area contributed by atoms with E-state index in [2.05, 4.69) is 15.0 Å². The third kappa shape index (κ3) is 4.34. The zero-order chi connectivity index (χ0) is 20.5. The van der Waals surface area contributed by atoms with Gasteiger partial charge >= 0.3 is 5.97 Å². The van der Waals surface area contributed by atoms with Crippen molar-refractivity contribution < 1.29 is 18.3 Å². The third-order valence-corrected chi connectivity index (χ3v) is 6.59. The molecule has 11 heteroatoms. The number of aromatic nitrogens is 1. The fourth-order valence-corrected chi connectivity index (χ4v) is 4.87. The van der Waals surface area contributed by atoms with E-state index in [1.807, 2.05) is 0 Å². The second kappa shape index (κ2) is 7.90. The van der Waals surface area contributed by atoms with Crippen LogP contribution >= 0.6 is 11.6 Å². The van der Waals surface area contributed by atoms with Crippen molar-refractivity contribution in [3.05, 3.63) is 29.4 Å². The Morgan fingerprint density at radius 3 is 2.54 bits per heavy atom. The first-order valence-corrected chi connectivity index (χ1v) is 10.5. The van der Waals surface area contributed by atoms with E-state index < -0.39 is 21.9 Å². The van der Waals surface area contributed by atoms with Crippen LogP contribution in [0.5, 0.6) is 0 Å². The highest BCUT2D eigenvalue weighted by molar-refractivity contribution is 7.89. The fourth-order valence-electron chi connectivity index (χ4n) is 3.33. The molecule has 0 unspecified atom stereocenters. The predicted molar refractivity (Wildman–Crippen MR) is 106 cm³/mol. The number of carbonyl (C=O) groups is 1. The first-order valence-electron chi connectivity index (χ1n) is 8.62.